The van der Waals surface area contributed by atoms with Crippen LogP contribution in [0.15, 0.2) is 28.7 Å². The topological polar surface area (TPSA) is 54.7 Å². The van der Waals surface area contributed by atoms with Gasteiger partial charge in [0.05, 0.1) is 0 Å². The Labute approximate surface area is 103 Å². The minimum absolute atomic E-state index is 0.565. The zero-order valence-electron chi connectivity index (χ0n) is 9.13. The lowest BCUT2D eigenvalue weighted by Gasteiger charge is -2.05. The number of benzene rings is 1. The number of hydrogen-bond acceptors (Lipinski definition) is 2. The number of H-pyrrole nitrogens is 1. The Balaban J connectivity index is 2.54. The van der Waals surface area contributed by atoms with Crippen LogP contribution >= 0.6 is 15.9 Å². The van der Waals surface area contributed by atoms with Gasteiger partial charge in [0.25, 0.3) is 0 Å². The first-order valence-electron chi connectivity index (χ1n) is 5.31. The van der Waals surface area contributed by atoms with Crippen molar-refractivity contribution in [2.75, 3.05) is 5.73 Å². The first-order chi connectivity index (χ1) is 7.74. The third kappa shape index (κ3) is 1.97. The van der Waals surface area contributed by atoms with Gasteiger partial charge in [-0.2, -0.15) is 5.10 Å². The smallest absolute Gasteiger partial charge is 0.153 e. The van der Waals surface area contributed by atoms with Gasteiger partial charge < -0.3 is 5.73 Å². The van der Waals surface area contributed by atoms with Gasteiger partial charge in [0.2, 0.25) is 0 Å². The Morgan fingerprint density at radius 1 is 1.38 bits per heavy atom. The number of rotatable bonds is 3. The molecule has 0 aliphatic rings. The molecule has 0 fully saturated rings. The normalized spacial score (nSPS) is 10.6. The van der Waals surface area contributed by atoms with Gasteiger partial charge in [-0.15, -0.1) is 0 Å². The van der Waals surface area contributed by atoms with E-state index in [0.29, 0.717) is 5.82 Å². The van der Waals surface area contributed by atoms with Gasteiger partial charge in [-0.05, 0) is 12.5 Å². The summed E-state index contributed by atoms with van der Waals surface area (Å²) in [4.78, 5) is 0. The molecule has 0 bridgehead atoms. The van der Waals surface area contributed by atoms with Crippen LogP contribution in [0.25, 0.3) is 11.1 Å². The molecule has 2 rings (SSSR count). The van der Waals surface area contributed by atoms with Crippen molar-refractivity contribution in [3.63, 3.8) is 0 Å². The van der Waals surface area contributed by atoms with Crippen molar-refractivity contribution in [1.82, 2.24) is 10.2 Å². The summed E-state index contributed by atoms with van der Waals surface area (Å²) in [5.41, 5.74) is 9.13. The average molecular weight is 280 g/mol. The van der Waals surface area contributed by atoms with Crippen molar-refractivity contribution in [2.45, 2.75) is 19.8 Å². The van der Waals surface area contributed by atoms with E-state index in [-0.39, 0.29) is 0 Å². The summed E-state index contributed by atoms with van der Waals surface area (Å²) in [5.74, 6) is 0.565. The van der Waals surface area contributed by atoms with Crippen molar-refractivity contribution < 1.29 is 0 Å². The molecule has 1 aromatic carbocycles. The maximum atomic E-state index is 5.91. The van der Waals surface area contributed by atoms with Crippen molar-refractivity contribution in [2.24, 2.45) is 0 Å². The summed E-state index contributed by atoms with van der Waals surface area (Å²) in [5, 5.41) is 7.09. The van der Waals surface area contributed by atoms with E-state index in [2.05, 4.69) is 33.1 Å². The highest BCUT2D eigenvalue weighted by Gasteiger charge is 2.14. The molecule has 84 valence electrons. The molecule has 0 amide bonds. The number of nitrogen functional groups attached to an aromatic ring is 1. The predicted octanol–water partition coefficient (Wildman–Crippen LogP) is 3.37. The summed E-state index contributed by atoms with van der Waals surface area (Å²) in [6.07, 6.45) is 2.03. The Bertz CT molecular complexity index is 491. The van der Waals surface area contributed by atoms with Crippen LogP contribution in [0.1, 0.15) is 19.0 Å². The van der Waals surface area contributed by atoms with E-state index >= 15 is 0 Å². The summed E-state index contributed by atoms with van der Waals surface area (Å²) in [7, 11) is 0. The van der Waals surface area contributed by atoms with Gasteiger partial charge >= 0.3 is 0 Å². The number of aromatic nitrogens is 2. The molecule has 0 saturated carbocycles. The molecule has 16 heavy (non-hydrogen) atoms. The fourth-order valence-electron chi connectivity index (χ4n) is 1.79. The first-order valence-corrected chi connectivity index (χ1v) is 6.11. The van der Waals surface area contributed by atoms with Crippen LogP contribution in [0.2, 0.25) is 0 Å². The standard InChI is InChI=1S/C12H14BrN3/c1-2-5-10-11(12(14)16-15-10)8-6-3-4-7-9(8)13/h3-4,6-7H,2,5H2,1H3,(H3,14,15,16). The molecule has 2 aromatic rings. The zero-order valence-corrected chi connectivity index (χ0v) is 10.7. The molecule has 0 atom stereocenters. The minimum Gasteiger partial charge on any atom is -0.382 e. The zero-order chi connectivity index (χ0) is 11.5. The fraction of sp³-hybridized carbons (Fsp3) is 0.250. The lowest BCUT2D eigenvalue weighted by atomic mass is 10.0. The van der Waals surface area contributed by atoms with Crippen molar-refractivity contribution in [3.8, 4) is 11.1 Å². The van der Waals surface area contributed by atoms with E-state index in [9.17, 15) is 0 Å². The maximum Gasteiger partial charge on any atom is 0.153 e. The van der Waals surface area contributed by atoms with E-state index in [0.717, 1.165) is 34.1 Å². The molecule has 0 aliphatic carbocycles. The number of hydrogen-bond donors (Lipinski definition) is 2. The molecular weight excluding hydrogens is 266 g/mol. The molecule has 0 saturated heterocycles. The van der Waals surface area contributed by atoms with E-state index < -0.39 is 0 Å². The molecule has 0 radical (unpaired) electrons. The average Bonchev–Trinajstić information content (AvgIpc) is 2.62. The summed E-state index contributed by atoms with van der Waals surface area (Å²) < 4.78 is 1.04. The number of anilines is 1. The van der Waals surface area contributed by atoms with E-state index in [1.165, 1.54) is 0 Å². The lowest BCUT2D eigenvalue weighted by Crippen LogP contribution is -1.91. The molecule has 3 nitrogen and oxygen atoms in total. The third-order valence-electron chi connectivity index (χ3n) is 2.51. The Morgan fingerprint density at radius 3 is 2.81 bits per heavy atom. The quantitative estimate of drug-likeness (QED) is 0.905. The second-order valence-electron chi connectivity index (χ2n) is 3.69. The Morgan fingerprint density at radius 2 is 2.12 bits per heavy atom. The molecule has 0 aliphatic heterocycles. The molecule has 4 heteroatoms. The van der Waals surface area contributed by atoms with Crippen LogP contribution < -0.4 is 5.73 Å². The summed E-state index contributed by atoms with van der Waals surface area (Å²) >= 11 is 3.54. The van der Waals surface area contributed by atoms with Gasteiger partial charge in [-0.1, -0.05) is 47.5 Å². The van der Waals surface area contributed by atoms with Gasteiger partial charge in [0.15, 0.2) is 5.82 Å². The number of halogens is 1. The Kier molecular flexibility index (Phi) is 3.29. The van der Waals surface area contributed by atoms with E-state index in [4.69, 9.17) is 5.73 Å². The summed E-state index contributed by atoms with van der Waals surface area (Å²) in [6, 6.07) is 8.05. The highest BCUT2D eigenvalue weighted by Crippen LogP contribution is 2.33. The Hall–Kier alpha value is -1.29. The van der Waals surface area contributed by atoms with Gasteiger partial charge in [0, 0.05) is 21.3 Å². The summed E-state index contributed by atoms with van der Waals surface area (Å²) in [6.45, 7) is 2.14. The van der Waals surface area contributed by atoms with Crippen LogP contribution in [0, 0.1) is 0 Å². The molecule has 3 N–H and O–H groups in total. The predicted molar refractivity (Wildman–Crippen MR) is 70.1 cm³/mol. The molecule has 1 aromatic heterocycles. The first kappa shape index (κ1) is 11.2. The van der Waals surface area contributed by atoms with Crippen molar-refractivity contribution in [1.29, 1.82) is 0 Å². The van der Waals surface area contributed by atoms with Crippen LogP contribution in [0.5, 0.6) is 0 Å². The minimum atomic E-state index is 0.565. The highest BCUT2D eigenvalue weighted by atomic mass is 79.9. The molecule has 1 heterocycles. The number of nitrogens with zero attached hydrogens (tertiary/aromatic N) is 1. The van der Waals surface area contributed by atoms with E-state index in [1.54, 1.807) is 0 Å². The van der Waals surface area contributed by atoms with Gasteiger partial charge in [-0.3, -0.25) is 5.10 Å². The lowest BCUT2D eigenvalue weighted by molar-refractivity contribution is 0.869. The van der Waals surface area contributed by atoms with Gasteiger partial charge in [-0.25, -0.2) is 0 Å². The van der Waals surface area contributed by atoms with Crippen LogP contribution in [0.3, 0.4) is 0 Å². The maximum absolute atomic E-state index is 5.91. The monoisotopic (exact) mass is 279 g/mol. The van der Waals surface area contributed by atoms with Crippen molar-refractivity contribution >= 4 is 21.7 Å². The number of nitrogens with two attached hydrogens (primary N) is 1. The molecular formula is C12H14BrN3. The number of aryl methyl sites for hydroxylation is 1. The van der Waals surface area contributed by atoms with E-state index in [1.807, 2.05) is 24.3 Å². The van der Waals surface area contributed by atoms with Crippen molar-refractivity contribution in [3.05, 3.63) is 34.4 Å². The molecule has 0 unspecified atom stereocenters. The largest absolute Gasteiger partial charge is 0.382 e. The second-order valence-corrected chi connectivity index (χ2v) is 4.55. The van der Waals surface area contributed by atoms with Crippen LogP contribution in [-0.4, -0.2) is 10.2 Å². The fourth-order valence-corrected chi connectivity index (χ4v) is 2.27. The number of nitrogens with one attached hydrogen (secondary N) is 1. The van der Waals surface area contributed by atoms with Crippen LogP contribution in [0.4, 0.5) is 5.82 Å². The number of aromatic amines is 1. The molecule has 0 spiro atoms. The third-order valence-corrected chi connectivity index (χ3v) is 3.20. The second kappa shape index (κ2) is 4.70. The van der Waals surface area contributed by atoms with Gasteiger partial charge in [0.1, 0.15) is 0 Å². The van der Waals surface area contributed by atoms with Crippen LogP contribution in [-0.2, 0) is 6.42 Å². The SMILES string of the molecule is CCCc1[nH]nc(N)c1-c1ccccc1Br. The highest BCUT2D eigenvalue weighted by molar-refractivity contribution is 9.10.